The molecule has 4 rings (SSSR count). The summed E-state index contributed by atoms with van der Waals surface area (Å²) in [6.07, 6.45) is 4.87. The lowest BCUT2D eigenvalue weighted by Gasteiger charge is -2.53. The van der Waals surface area contributed by atoms with Crippen LogP contribution in [0.25, 0.3) is 0 Å². The van der Waals surface area contributed by atoms with Gasteiger partial charge in [-0.05, 0) is 57.2 Å². The second kappa shape index (κ2) is 7.04. The van der Waals surface area contributed by atoms with Gasteiger partial charge in [0.2, 0.25) is 11.8 Å². The average Bonchev–Trinajstić information content (AvgIpc) is 3.25. The second-order valence-electron chi connectivity index (χ2n) is 8.30. The highest BCUT2D eigenvalue weighted by Crippen LogP contribution is 2.56. The summed E-state index contributed by atoms with van der Waals surface area (Å²) in [5, 5.41) is 21.6. The maximum atomic E-state index is 12.4. The molecule has 2 aliphatic heterocycles. The summed E-state index contributed by atoms with van der Waals surface area (Å²) < 4.78 is 0. The summed E-state index contributed by atoms with van der Waals surface area (Å²) in [5.41, 5.74) is 0.210. The molecule has 1 aromatic rings. The largest absolute Gasteiger partial charge is 0.294 e. The molecule has 3 aliphatic rings. The number of nitrogens with one attached hydrogen (secondary N) is 1. The lowest BCUT2D eigenvalue weighted by atomic mass is 9.54. The fourth-order valence-electron chi connectivity index (χ4n) is 5.72. The van der Waals surface area contributed by atoms with Gasteiger partial charge < -0.3 is 0 Å². The maximum absolute atomic E-state index is 12.4. The van der Waals surface area contributed by atoms with Gasteiger partial charge in [0.15, 0.2) is 0 Å². The Bertz CT molecular complexity index is 819. The van der Waals surface area contributed by atoms with E-state index in [2.05, 4.69) is 34.5 Å². The lowest BCUT2D eigenvalue weighted by molar-refractivity contribution is -0.149. The van der Waals surface area contributed by atoms with Crippen molar-refractivity contribution in [1.82, 2.24) is 10.2 Å². The molecule has 28 heavy (non-hydrogen) atoms. The van der Waals surface area contributed by atoms with E-state index in [0.29, 0.717) is 12.8 Å². The van der Waals surface area contributed by atoms with Crippen LogP contribution in [0.5, 0.6) is 0 Å². The van der Waals surface area contributed by atoms with Crippen molar-refractivity contribution in [2.75, 3.05) is 13.1 Å². The van der Waals surface area contributed by atoms with Crippen molar-refractivity contribution in [2.24, 2.45) is 17.3 Å². The summed E-state index contributed by atoms with van der Waals surface area (Å²) in [6.45, 7) is 2.06. The van der Waals surface area contributed by atoms with Crippen LogP contribution in [-0.4, -0.2) is 29.8 Å². The van der Waals surface area contributed by atoms with Crippen LogP contribution in [0.1, 0.15) is 44.1 Å². The minimum atomic E-state index is -0.956. The number of amides is 2. The summed E-state index contributed by atoms with van der Waals surface area (Å²) in [5.74, 6) is -3.01. The molecule has 2 amide bonds. The molecule has 2 atom stereocenters. The number of carbonyl (C=O) groups is 2. The molecule has 6 heteroatoms. The molecule has 2 saturated heterocycles. The van der Waals surface area contributed by atoms with E-state index < -0.39 is 29.1 Å². The van der Waals surface area contributed by atoms with Gasteiger partial charge in [0, 0.05) is 11.0 Å². The molecule has 1 saturated carbocycles. The molecule has 1 aromatic carbocycles. The fraction of sp³-hybridized carbons (Fsp3) is 0.545. The number of nitrogens with zero attached hydrogens (tertiary/aromatic N) is 3. The Kier molecular flexibility index (Phi) is 4.69. The van der Waals surface area contributed by atoms with Gasteiger partial charge in [-0.2, -0.15) is 10.5 Å². The second-order valence-corrected chi connectivity index (χ2v) is 8.30. The number of imide groups is 1. The molecule has 2 unspecified atom stereocenters. The highest BCUT2D eigenvalue weighted by Gasteiger charge is 2.60. The number of rotatable bonds is 2. The summed E-state index contributed by atoms with van der Waals surface area (Å²) in [6, 6.07) is 14.6. The van der Waals surface area contributed by atoms with E-state index in [9.17, 15) is 20.1 Å². The van der Waals surface area contributed by atoms with Gasteiger partial charge >= 0.3 is 0 Å². The van der Waals surface area contributed by atoms with Crippen molar-refractivity contribution in [1.29, 1.82) is 10.5 Å². The van der Waals surface area contributed by atoms with Gasteiger partial charge in [-0.3, -0.25) is 19.8 Å². The predicted octanol–water partition coefficient (Wildman–Crippen LogP) is 2.47. The Morgan fingerprint density at radius 2 is 1.43 bits per heavy atom. The zero-order valence-electron chi connectivity index (χ0n) is 15.9. The van der Waals surface area contributed by atoms with Gasteiger partial charge in [0.05, 0.1) is 12.1 Å². The maximum Gasteiger partial charge on any atom is 0.244 e. The first-order valence-electron chi connectivity index (χ1n) is 10.0. The van der Waals surface area contributed by atoms with Crippen LogP contribution in [0, 0.1) is 39.9 Å². The van der Waals surface area contributed by atoms with Crippen molar-refractivity contribution in [2.45, 2.75) is 44.1 Å². The van der Waals surface area contributed by atoms with Gasteiger partial charge in [0.25, 0.3) is 0 Å². The first-order chi connectivity index (χ1) is 13.6. The number of carbonyl (C=O) groups excluding carboxylic acids is 2. The molecule has 0 aromatic heterocycles. The van der Waals surface area contributed by atoms with Crippen LogP contribution in [0.3, 0.4) is 0 Å². The minimum Gasteiger partial charge on any atom is -0.294 e. The zero-order valence-corrected chi connectivity index (χ0v) is 15.9. The van der Waals surface area contributed by atoms with Crippen LogP contribution in [0.15, 0.2) is 30.3 Å². The number of hydrogen-bond acceptors (Lipinski definition) is 5. The van der Waals surface area contributed by atoms with Crippen LogP contribution in [0.4, 0.5) is 0 Å². The van der Waals surface area contributed by atoms with Gasteiger partial charge in [-0.25, -0.2) is 0 Å². The molecular weight excluding hydrogens is 352 g/mol. The number of piperidine rings is 1. The predicted molar refractivity (Wildman–Crippen MR) is 101 cm³/mol. The van der Waals surface area contributed by atoms with E-state index in [4.69, 9.17) is 0 Å². The van der Waals surface area contributed by atoms with Crippen molar-refractivity contribution >= 4 is 11.8 Å². The summed E-state index contributed by atoms with van der Waals surface area (Å²) in [4.78, 5) is 27.3. The van der Waals surface area contributed by atoms with Crippen molar-refractivity contribution in [3.8, 4) is 12.1 Å². The topological polar surface area (TPSA) is 97.0 Å². The van der Waals surface area contributed by atoms with E-state index in [-0.39, 0.29) is 5.54 Å². The van der Waals surface area contributed by atoms with Gasteiger partial charge in [-0.15, -0.1) is 0 Å². The molecular formula is C22H24N4O2. The van der Waals surface area contributed by atoms with Crippen LogP contribution in [-0.2, 0) is 15.1 Å². The molecule has 1 spiro atoms. The first-order valence-corrected chi connectivity index (χ1v) is 10.0. The standard InChI is InChI=1S/C22H24N4O2/c23-14-17-19(27)25-20(28)18(15-24)21(17)8-10-22(11-9-21,26-12-4-5-13-26)16-6-2-1-3-7-16/h1-3,6-7,17-18H,4-5,8-13H2,(H,25,27,28). The van der Waals surface area contributed by atoms with Crippen LogP contribution < -0.4 is 5.32 Å². The molecule has 3 fully saturated rings. The molecule has 2 heterocycles. The van der Waals surface area contributed by atoms with Gasteiger partial charge in [0.1, 0.15) is 11.8 Å². The minimum absolute atomic E-state index is 0.153. The Morgan fingerprint density at radius 3 is 1.93 bits per heavy atom. The first kappa shape index (κ1) is 18.7. The molecule has 1 aliphatic carbocycles. The van der Waals surface area contributed by atoms with Crippen molar-refractivity contribution in [3.05, 3.63) is 35.9 Å². The molecule has 0 bridgehead atoms. The number of nitriles is 2. The number of benzene rings is 1. The highest BCUT2D eigenvalue weighted by molar-refractivity contribution is 6.03. The Hall–Kier alpha value is -2.70. The van der Waals surface area contributed by atoms with E-state index in [0.717, 1.165) is 25.9 Å². The van der Waals surface area contributed by atoms with Crippen LogP contribution >= 0.6 is 0 Å². The zero-order chi connectivity index (χ0) is 19.8. The highest BCUT2D eigenvalue weighted by atomic mass is 16.2. The smallest absolute Gasteiger partial charge is 0.244 e. The lowest BCUT2D eigenvalue weighted by Crippen LogP contribution is -2.61. The molecule has 6 nitrogen and oxygen atoms in total. The Balaban J connectivity index is 1.72. The molecule has 0 radical (unpaired) electrons. The monoisotopic (exact) mass is 376 g/mol. The van der Waals surface area contributed by atoms with Crippen molar-refractivity contribution < 1.29 is 9.59 Å². The Morgan fingerprint density at radius 1 is 0.893 bits per heavy atom. The van der Waals surface area contributed by atoms with E-state index in [1.807, 2.05) is 18.2 Å². The third-order valence-corrected chi connectivity index (χ3v) is 7.21. The summed E-state index contributed by atoms with van der Waals surface area (Å²) in [7, 11) is 0. The van der Waals surface area contributed by atoms with E-state index in [1.165, 1.54) is 18.4 Å². The Labute approximate surface area is 165 Å². The molecule has 144 valence electrons. The summed E-state index contributed by atoms with van der Waals surface area (Å²) >= 11 is 0. The SMILES string of the molecule is N#CC1C(=O)NC(=O)C(C#N)C12CCC(c1ccccc1)(N1CCCC1)CC2. The average molecular weight is 376 g/mol. The normalized spacial score (nSPS) is 35.9. The third kappa shape index (κ3) is 2.64. The van der Waals surface area contributed by atoms with Gasteiger partial charge in [-0.1, -0.05) is 30.3 Å². The number of likely N-dealkylation sites (tertiary alicyclic amines) is 1. The van der Waals surface area contributed by atoms with E-state index in [1.54, 1.807) is 0 Å². The van der Waals surface area contributed by atoms with Crippen LogP contribution in [0.2, 0.25) is 0 Å². The molecule has 1 N–H and O–H groups in total. The fourth-order valence-corrected chi connectivity index (χ4v) is 5.72. The van der Waals surface area contributed by atoms with Crippen molar-refractivity contribution in [3.63, 3.8) is 0 Å². The quantitative estimate of drug-likeness (QED) is 0.800. The van der Waals surface area contributed by atoms with E-state index >= 15 is 0 Å². The number of hydrogen-bond donors (Lipinski definition) is 1. The third-order valence-electron chi connectivity index (χ3n) is 7.21.